The van der Waals surface area contributed by atoms with E-state index in [2.05, 4.69) is 0 Å². The van der Waals surface area contributed by atoms with E-state index in [0.29, 0.717) is 22.8 Å². The maximum absolute atomic E-state index is 12.6. The van der Waals surface area contributed by atoms with Crippen LogP contribution in [0.2, 0.25) is 0 Å². The van der Waals surface area contributed by atoms with Crippen LogP contribution in [0.5, 0.6) is 23.0 Å². The highest BCUT2D eigenvalue weighted by Crippen LogP contribution is 2.38. The Morgan fingerprint density at radius 2 is 1.56 bits per heavy atom. The van der Waals surface area contributed by atoms with E-state index >= 15 is 0 Å². The Bertz CT molecular complexity index is 819. The molecule has 6 nitrogen and oxygen atoms in total. The second kappa shape index (κ2) is 9.28. The molecule has 2 aromatic carbocycles. The van der Waals surface area contributed by atoms with Crippen LogP contribution in [0.15, 0.2) is 35.1 Å². The minimum Gasteiger partial charge on any atom is -0.493 e. The molecule has 1 N–H and O–H groups in total. The second-order valence-corrected chi connectivity index (χ2v) is 6.33. The zero-order valence-corrected chi connectivity index (χ0v) is 16.4. The van der Waals surface area contributed by atoms with Gasteiger partial charge in [0, 0.05) is 5.56 Å². The minimum atomic E-state index is -0.286. The summed E-state index contributed by atoms with van der Waals surface area (Å²) in [6, 6.07) is 8.62. The SMILES string of the molecule is COc1cc(COc2c(CO)ccc(C(C)C)cc2=O)cc(OC)c1OC. The van der Waals surface area contributed by atoms with E-state index < -0.39 is 0 Å². The van der Waals surface area contributed by atoms with Gasteiger partial charge in [-0.1, -0.05) is 26.0 Å². The first-order valence-electron chi connectivity index (χ1n) is 8.64. The number of aliphatic hydroxyl groups excluding tert-OH is 1. The third-order valence-electron chi connectivity index (χ3n) is 4.23. The number of methoxy groups -OCH3 is 3. The summed E-state index contributed by atoms with van der Waals surface area (Å²) in [6.07, 6.45) is 0. The summed E-state index contributed by atoms with van der Waals surface area (Å²) in [4.78, 5) is 12.6. The van der Waals surface area contributed by atoms with Crippen molar-refractivity contribution >= 4 is 0 Å². The van der Waals surface area contributed by atoms with Crippen molar-refractivity contribution in [1.29, 1.82) is 0 Å². The Balaban J connectivity index is 2.39. The molecule has 0 spiro atoms. The molecule has 0 saturated carbocycles. The van der Waals surface area contributed by atoms with Crippen LogP contribution in [0.4, 0.5) is 0 Å². The van der Waals surface area contributed by atoms with Crippen molar-refractivity contribution in [2.75, 3.05) is 21.3 Å². The van der Waals surface area contributed by atoms with E-state index in [4.69, 9.17) is 18.9 Å². The van der Waals surface area contributed by atoms with Crippen LogP contribution in [0, 0.1) is 0 Å². The van der Waals surface area contributed by atoms with Crippen molar-refractivity contribution in [2.45, 2.75) is 33.0 Å². The molecule has 0 fully saturated rings. The lowest BCUT2D eigenvalue weighted by molar-refractivity contribution is 0.257. The Hall–Kier alpha value is -2.73. The maximum atomic E-state index is 12.6. The number of rotatable bonds is 8. The Morgan fingerprint density at radius 1 is 0.926 bits per heavy atom. The van der Waals surface area contributed by atoms with Gasteiger partial charge in [0.2, 0.25) is 11.2 Å². The van der Waals surface area contributed by atoms with Crippen LogP contribution in [-0.2, 0) is 13.2 Å². The molecule has 2 rings (SSSR count). The average molecular weight is 374 g/mol. The van der Waals surface area contributed by atoms with Crippen LogP contribution in [0.1, 0.15) is 36.5 Å². The van der Waals surface area contributed by atoms with Gasteiger partial charge in [0.25, 0.3) is 0 Å². The molecule has 146 valence electrons. The lowest BCUT2D eigenvalue weighted by Crippen LogP contribution is -2.09. The Kier molecular flexibility index (Phi) is 7.07. The van der Waals surface area contributed by atoms with Gasteiger partial charge in [-0.05, 0) is 35.2 Å². The lowest BCUT2D eigenvalue weighted by Gasteiger charge is -2.14. The van der Waals surface area contributed by atoms with Crippen LogP contribution < -0.4 is 24.4 Å². The maximum Gasteiger partial charge on any atom is 0.221 e. The summed E-state index contributed by atoms with van der Waals surface area (Å²) in [5.74, 6) is 1.82. The largest absolute Gasteiger partial charge is 0.493 e. The number of hydrogen-bond acceptors (Lipinski definition) is 6. The molecule has 0 amide bonds. The van der Waals surface area contributed by atoms with Gasteiger partial charge in [0.05, 0.1) is 27.9 Å². The van der Waals surface area contributed by atoms with E-state index in [-0.39, 0.29) is 30.3 Å². The van der Waals surface area contributed by atoms with E-state index in [9.17, 15) is 9.90 Å². The first-order valence-corrected chi connectivity index (χ1v) is 8.64. The molecule has 0 aliphatic rings. The van der Waals surface area contributed by atoms with Crippen LogP contribution >= 0.6 is 0 Å². The number of aliphatic hydroxyl groups is 1. The van der Waals surface area contributed by atoms with Crippen molar-refractivity contribution in [2.24, 2.45) is 0 Å². The third kappa shape index (κ3) is 4.71. The second-order valence-electron chi connectivity index (χ2n) is 6.33. The topological polar surface area (TPSA) is 74.2 Å². The summed E-state index contributed by atoms with van der Waals surface area (Å²) in [7, 11) is 4.60. The fourth-order valence-corrected chi connectivity index (χ4v) is 2.72. The van der Waals surface area contributed by atoms with Crippen LogP contribution in [-0.4, -0.2) is 26.4 Å². The molecule has 0 aliphatic carbocycles. The van der Waals surface area contributed by atoms with Crippen molar-refractivity contribution in [3.8, 4) is 23.0 Å². The zero-order valence-electron chi connectivity index (χ0n) is 16.4. The van der Waals surface area contributed by atoms with Crippen molar-refractivity contribution in [3.05, 3.63) is 57.2 Å². The molecule has 0 aliphatic heterocycles. The fourth-order valence-electron chi connectivity index (χ4n) is 2.72. The number of ether oxygens (including phenoxy) is 4. The van der Waals surface area contributed by atoms with Gasteiger partial charge >= 0.3 is 0 Å². The lowest BCUT2D eigenvalue weighted by atomic mass is 10.1. The fraction of sp³-hybridized carbons (Fsp3) is 0.381. The van der Waals surface area contributed by atoms with Gasteiger partial charge in [-0.3, -0.25) is 4.79 Å². The molecule has 6 heteroatoms. The first kappa shape index (κ1) is 20.6. The predicted molar refractivity (Wildman–Crippen MR) is 103 cm³/mol. The molecule has 0 radical (unpaired) electrons. The number of hydrogen-bond donors (Lipinski definition) is 1. The van der Waals surface area contributed by atoms with Gasteiger partial charge < -0.3 is 24.1 Å². The molecule has 0 bridgehead atoms. The number of benzene rings is 1. The molecule has 0 aromatic heterocycles. The highest BCUT2D eigenvalue weighted by Gasteiger charge is 2.15. The smallest absolute Gasteiger partial charge is 0.221 e. The summed E-state index contributed by atoms with van der Waals surface area (Å²) in [5, 5.41) is 9.64. The first-order chi connectivity index (χ1) is 12.9. The van der Waals surface area contributed by atoms with E-state index in [1.807, 2.05) is 19.9 Å². The zero-order chi connectivity index (χ0) is 20.0. The van der Waals surface area contributed by atoms with Gasteiger partial charge in [-0.25, -0.2) is 0 Å². The molecule has 0 heterocycles. The molecule has 0 unspecified atom stereocenters. The average Bonchev–Trinajstić information content (AvgIpc) is 2.83. The van der Waals surface area contributed by atoms with Crippen molar-refractivity contribution in [1.82, 2.24) is 0 Å². The third-order valence-corrected chi connectivity index (χ3v) is 4.23. The van der Waals surface area contributed by atoms with E-state index in [1.165, 1.54) is 21.3 Å². The molecule has 27 heavy (non-hydrogen) atoms. The highest BCUT2D eigenvalue weighted by molar-refractivity contribution is 5.53. The van der Waals surface area contributed by atoms with Gasteiger partial charge in [-0.2, -0.15) is 0 Å². The Morgan fingerprint density at radius 3 is 2.04 bits per heavy atom. The standard InChI is InChI=1S/C21H26O6/c1-13(2)15-6-7-16(11-22)20(17(23)10-15)27-12-14-8-18(24-3)21(26-5)19(9-14)25-4/h6-10,13,22H,11-12H2,1-5H3. The monoisotopic (exact) mass is 374 g/mol. The Labute approximate surface area is 159 Å². The molecular weight excluding hydrogens is 348 g/mol. The van der Waals surface area contributed by atoms with E-state index in [1.54, 1.807) is 24.3 Å². The van der Waals surface area contributed by atoms with Crippen LogP contribution in [0.3, 0.4) is 0 Å². The minimum absolute atomic E-state index is 0.111. The van der Waals surface area contributed by atoms with Gasteiger partial charge in [0.15, 0.2) is 17.2 Å². The van der Waals surface area contributed by atoms with Crippen LogP contribution in [0.25, 0.3) is 0 Å². The van der Waals surface area contributed by atoms with Gasteiger partial charge in [-0.15, -0.1) is 0 Å². The summed E-state index contributed by atoms with van der Waals surface area (Å²) < 4.78 is 21.8. The van der Waals surface area contributed by atoms with Gasteiger partial charge in [0.1, 0.15) is 6.61 Å². The van der Waals surface area contributed by atoms with E-state index in [0.717, 1.165) is 11.1 Å². The predicted octanol–water partition coefficient (Wildman–Crippen LogP) is 3.27. The summed E-state index contributed by atoms with van der Waals surface area (Å²) >= 11 is 0. The quantitative estimate of drug-likeness (QED) is 0.764. The van der Waals surface area contributed by atoms with Crippen molar-refractivity contribution < 1.29 is 24.1 Å². The van der Waals surface area contributed by atoms with Crippen molar-refractivity contribution in [3.63, 3.8) is 0 Å². The summed E-state index contributed by atoms with van der Waals surface area (Å²) in [5.41, 5.74) is 1.81. The highest BCUT2D eigenvalue weighted by atomic mass is 16.5. The summed E-state index contributed by atoms with van der Waals surface area (Å²) in [6.45, 7) is 3.83. The molecule has 0 atom stereocenters. The molecule has 2 aromatic rings. The molecular formula is C21H26O6. The normalized spacial score (nSPS) is 10.6. The molecule has 0 saturated heterocycles.